The lowest BCUT2D eigenvalue weighted by Crippen LogP contribution is -2.30. The van der Waals surface area contributed by atoms with E-state index in [0.29, 0.717) is 19.5 Å². The molecule has 7 nitrogen and oxygen atoms in total. The molecule has 1 aliphatic heterocycles. The Hall–Kier alpha value is -2.31. The minimum absolute atomic E-state index is 0.00657. The Kier molecular flexibility index (Phi) is 3.84. The summed E-state index contributed by atoms with van der Waals surface area (Å²) in [4.78, 5) is 36.7. The second kappa shape index (κ2) is 5.55. The summed E-state index contributed by atoms with van der Waals surface area (Å²) >= 11 is 0. The molecule has 1 aromatic heterocycles. The molecule has 0 bridgehead atoms. The largest absolute Gasteiger partial charge is 0.464 e. The number of carbonyl (C=O) groups is 3. The second-order valence-electron chi connectivity index (χ2n) is 4.36. The molecular formula is C12H15N3O4. The summed E-state index contributed by atoms with van der Waals surface area (Å²) in [6.45, 7) is 1.00. The van der Waals surface area contributed by atoms with Crippen molar-refractivity contribution in [2.75, 3.05) is 20.2 Å². The highest BCUT2D eigenvalue weighted by molar-refractivity contribution is 5.95. The van der Waals surface area contributed by atoms with E-state index >= 15 is 0 Å². The monoisotopic (exact) mass is 265 g/mol. The van der Waals surface area contributed by atoms with E-state index in [9.17, 15) is 14.4 Å². The maximum Gasteiger partial charge on any atom is 0.354 e. The van der Waals surface area contributed by atoms with Gasteiger partial charge in [0.1, 0.15) is 11.4 Å². The van der Waals surface area contributed by atoms with Gasteiger partial charge in [-0.05, 0) is 12.1 Å². The number of amides is 2. The van der Waals surface area contributed by atoms with Crippen molar-refractivity contribution >= 4 is 17.8 Å². The molecule has 0 saturated carbocycles. The van der Waals surface area contributed by atoms with Gasteiger partial charge in [0, 0.05) is 25.4 Å². The molecule has 3 N–H and O–H groups in total. The van der Waals surface area contributed by atoms with Gasteiger partial charge in [-0.2, -0.15) is 0 Å². The standard InChI is InChI=1S/C12H15N3O4/c1-19-12(18)9-3-2-8(15-9)11(17)14-6-7-4-10(16)13-5-7/h2-3,7,15H,4-6H2,1H3,(H,13,16)(H,14,17). The number of nitrogens with one attached hydrogen (secondary N) is 3. The third-order valence-corrected chi connectivity index (χ3v) is 2.95. The molecule has 2 rings (SSSR count). The number of hydrogen-bond donors (Lipinski definition) is 3. The number of rotatable bonds is 4. The number of H-pyrrole nitrogens is 1. The van der Waals surface area contributed by atoms with E-state index in [4.69, 9.17) is 0 Å². The Morgan fingerprint density at radius 1 is 1.42 bits per heavy atom. The first-order valence-corrected chi connectivity index (χ1v) is 5.92. The summed E-state index contributed by atoms with van der Waals surface area (Å²) in [5.41, 5.74) is 0.517. The number of aromatic nitrogens is 1. The smallest absolute Gasteiger partial charge is 0.354 e. The van der Waals surface area contributed by atoms with Gasteiger partial charge >= 0.3 is 5.97 Å². The van der Waals surface area contributed by atoms with Crippen molar-refractivity contribution in [1.82, 2.24) is 15.6 Å². The Balaban J connectivity index is 1.87. The zero-order chi connectivity index (χ0) is 13.8. The van der Waals surface area contributed by atoms with E-state index in [2.05, 4.69) is 20.4 Å². The Morgan fingerprint density at radius 2 is 2.16 bits per heavy atom. The molecule has 19 heavy (non-hydrogen) atoms. The fourth-order valence-corrected chi connectivity index (χ4v) is 1.90. The third-order valence-electron chi connectivity index (χ3n) is 2.95. The first-order chi connectivity index (χ1) is 9.10. The van der Waals surface area contributed by atoms with Crippen LogP contribution in [0.25, 0.3) is 0 Å². The molecule has 0 radical (unpaired) electrons. The molecule has 0 aliphatic carbocycles. The molecule has 0 aromatic carbocycles. The van der Waals surface area contributed by atoms with Crippen molar-refractivity contribution in [2.45, 2.75) is 6.42 Å². The van der Waals surface area contributed by atoms with Gasteiger partial charge in [0.2, 0.25) is 5.91 Å². The zero-order valence-electron chi connectivity index (χ0n) is 10.5. The van der Waals surface area contributed by atoms with Crippen LogP contribution in [0.5, 0.6) is 0 Å². The molecule has 1 atom stereocenters. The van der Waals surface area contributed by atoms with Crippen LogP contribution >= 0.6 is 0 Å². The van der Waals surface area contributed by atoms with Crippen LogP contribution in [0.1, 0.15) is 27.4 Å². The average molecular weight is 265 g/mol. The van der Waals surface area contributed by atoms with Crippen LogP contribution in [-0.4, -0.2) is 43.0 Å². The predicted molar refractivity (Wildman–Crippen MR) is 65.6 cm³/mol. The van der Waals surface area contributed by atoms with Gasteiger partial charge in [-0.15, -0.1) is 0 Å². The predicted octanol–water partition coefficient (Wildman–Crippen LogP) is -0.333. The summed E-state index contributed by atoms with van der Waals surface area (Å²) in [5, 5.41) is 5.42. The van der Waals surface area contributed by atoms with Gasteiger partial charge in [0.15, 0.2) is 0 Å². The van der Waals surface area contributed by atoms with Gasteiger partial charge < -0.3 is 20.4 Å². The molecular weight excluding hydrogens is 250 g/mol. The quantitative estimate of drug-likeness (QED) is 0.649. The van der Waals surface area contributed by atoms with Crippen LogP contribution in [-0.2, 0) is 9.53 Å². The van der Waals surface area contributed by atoms with Gasteiger partial charge in [0.25, 0.3) is 5.91 Å². The topological polar surface area (TPSA) is 100 Å². The highest BCUT2D eigenvalue weighted by atomic mass is 16.5. The maximum absolute atomic E-state index is 11.8. The minimum atomic E-state index is -0.523. The Bertz CT molecular complexity index is 509. The summed E-state index contributed by atoms with van der Waals surface area (Å²) in [5.74, 6) is -0.710. The van der Waals surface area contributed by atoms with Gasteiger partial charge in [0.05, 0.1) is 7.11 Å². The van der Waals surface area contributed by atoms with E-state index in [0.717, 1.165) is 0 Å². The fourth-order valence-electron chi connectivity index (χ4n) is 1.90. The number of hydrogen-bond acceptors (Lipinski definition) is 4. The van der Waals surface area contributed by atoms with E-state index in [1.165, 1.54) is 19.2 Å². The number of aromatic amines is 1. The second-order valence-corrected chi connectivity index (χ2v) is 4.36. The molecule has 2 heterocycles. The highest BCUT2D eigenvalue weighted by Crippen LogP contribution is 2.08. The summed E-state index contributed by atoms with van der Waals surface area (Å²) in [7, 11) is 1.27. The van der Waals surface area contributed by atoms with Gasteiger partial charge in [-0.1, -0.05) is 0 Å². The number of carbonyl (C=O) groups excluding carboxylic acids is 3. The van der Waals surface area contributed by atoms with E-state index < -0.39 is 5.97 Å². The van der Waals surface area contributed by atoms with Crippen molar-refractivity contribution in [1.29, 1.82) is 0 Å². The van der Waals surface area contributed by atoms with Crippen molar-refractivity contribution < 1.29 is 19.1 Å². The first kappa shape index (κ1) is 13.1. The normalized spacial score (nSPS) is 17.9. The van der Waals surface area contributed by atoms with E-state index in [-0.39, 0.29) is 29.1 Å². The van der Waals surface area contributed by atoms with E-state index in [1.807, 2.05) is 0 Å². The number of ether oxygens (including phenoxy) is 1. The molecule has 1 fully saturated rings. The first-order valence-electron chi connectivity index (χ1n) is 5.92. The minimum Gasteiger partial charge on any atom is -0.464 e. The molecule has 1 aliphatic rings. The summed E-state index contributed by atoms with van der Waals surface area (Å²) in [6, 6.07) is 3.00. The van der Waals surface area contributed by atoms with E-state index in [1.54, 1.807) is 0 Å². The van der Waals surface area contributed by atoms with Crippen LogP contribution in [0, 0.1) is 5.92 Å². The average Bonchev–Trinajstić information content (AvgIpc) is 3.04. The summed E-state index contributed by atoms with van der Waals surface area (Å²) < 4.78 is 4.53. The molecule has 0 spiro atoms. The third kappa shape index (κ3) is 3.12. The molecule has 7 heteroatoms. The Labute approximate surface area is 109 Å². The number of esters is 1. The zero-order valence-corrected chi connectivity index (χ0v) is 10.5. The highest BCUT2D eigenvalue weighted by Gasteiger charge is 2.22. The maximum atomic E-state index is 11.8. The molecule has 102 valence electrons. The lowest BCUT2D eigenvalue weighted by atomic mass is 10.1. The summed E-state index contributed by atoms with van der Waals surface area (Å²) in [6.07, 6.45) is 0.429. The van der Waals surface area contributed by atoms with Crippen LogP contribution in [0.15, 0.2) is 12.1 Å². The van der Waals surface area contributed by atoms with Crippen LogP contribution in [0.3, 0.4) is 0 Å². The molecule has 2 amide bonds. The van der Waals surface area contributed by atoms with Crippen molar-refractivity contribution in [3.8, 4) is 0 Å². The van der Waals surface area contributed by atoms with Crippen molar-refractivity contribution in [2.24, 2.45) is 5.92 Å². The lowest BCUT2D eigenvalue weighted by molar-refractivity contribution is -0.119. The SMILES string of the molecule is COC(=O)c1ccc(C(=O)NCC2CNC(=O)C2)[nH]1. The van der Waals surface area contributed by atoms with Crippen LogP contribution < -0.4 is 10.6 Å². The fraction of sp³-hybridized carbons (Fsp3) is 0.417. The van der Waals surface area contributed by atoms with Crippen LogP contribution in [0.4, 0.5) is 0 Å². The molecule has 1 unspecified atom stereocenters. The van der Waals surface area contributed by atoms with Gasteiger partial charge in [-0.25, -0.2) is 4.79 Å². The van der Waals surface area contributed by atoms with Gasteiger partial charge in [-0.3, -0.25) is 9.59 Å². The molecule has 1 saturated heterocycles. The molecule has 1 aromatic rings. The Morgan fingerprint density at radius 3 is 2.79 bits per heavy atom. The van der Waals surface area contributed by atoms with Crippen molar-refractivity contribution in [3.63, 3.8) is 0 Å². The van der Waals surface area contributed by atoms with Crippen LogP contribution in [0.2, 0.25) is 0 Å². The lowest BCUT2D eigenvalue weighted by Gasteiger charge is -2.08. The van der Waals surface area contributed by atoms with Crippen molar-refractivity contribution in [3.05, 3.63) is 23.5 Å². The number of methoxy groups -OCH3 is 1.